The van der Waals surface area contributed by atoms with Crippen molar-refractivity contribution in [3.8, 4) is 0 Å². The number of hydrogen-bond donors (Lipinski definition) is 0. The molecule has 0 radical (unpaired) electrons. The number of fused-ring (bicyclic) bond motifs is 2. The molecule has 2 aromatic rings. The van der Waals surface area contributed by atoms with Crippen molar-refractivity contribution < 1.29 is 17.6 Å². The largest absolute Gasteiger partial charge is 0.416 e. The summed E-state index contributed by atoms with van der Waals surface area (Å²) in [5.74, 6) is -0.372. The Morgan fingerprint density at radius 1 is 1.05 bits per heavy atom. The normalized spacial score (nSPS) is 17.9. The van der Waals surface area contributed by atoms with Crippen LogP contribution in [0.15, 0.2) is 46.2 Å². The highest BCUT2D eigenvalue weighted by atomic mass is 35.5. The van der Waals surface area contributed by atoms with Crippen molar-refractivity contribution in [2.45, 2.75) is 27.8 Å². The monoisotopic (exact) mass is 332 g/mol. The molecule has 0 aliphatic carbocycles. The number of halogens is 5. The van der Waals surface area contributed by atoms with Gasteiger partial charge in [0, 0.05) is 9.79 Å². The standard InChI is InChI=1S/C15H9ClF4S/c16-12-5-8-1-3-10(17)7-14(8)21-13-4-2-9(6-11(12)13)15(18,19)20/h1-4,6-7,12H,5H2. The third-order valence-electron chi connectivity index (χ3n) is 3.32. The maximum absolute atomic E-state index is 13.3. The fourth-order valence-corrected chi connectivity index (χ4v) is 3.83. The van der Waals surface area contributed by atoms with Gasteiger partial charge in [-0.2, -0.15) is 13.2 Å². The van der Waals surface area contributed by atoms with Crippen LogP contribution in [0.1, 0.15) is 22.1 Å². The van der Waals surface area contributed by atoms with Crippen molar-refractivity contribution in [3.05, 3.63) is 58.9 Å². The summed E-state index contributed by atoms with van der Waals surface area (Å²) in [6.45, 7) is 0. The van der Waals surface area contributed by atoms with Gasteiger partial charge in [-0.1, -0.05) is 17.8 Å². The fourth-order valence-electron chi connectivity index (χ4n) is 2.28. The van der Waals surface area contributed by atoms with Gasteiger partial charge in [0.25, 0.3) is 0 Å². The third kappa shape index (κ3) is 2.90. The smallest absolute Gasteiger partial charge is 0.207 e. The molecule has 6 heteroatoms. The zero-order chi connectivity index (χ0) is 15.2. The minimum absolute atomic E-state index is 0.372. The Morgan fingerprint density at radius 3 is 2.52 bits per heavy atom. The van der Waals surface area contributed by atoms with Gasteiger partial charge in [-0.05, 0) is 47.9 Å². The summed E-state index contributed by atoms with van der Waals surface area (Å²) in [5.41, 5.74) is 0.559. The summed E-state index contributed by atoms with van der Waals surface area (Å²) in [5, 5.41) is -0.568. The summed E-state index contributed by atoms with van der Waals surface area (Å²) in [7, 11) is 0. The SMILES string of the molecule is Fc1ccc2c(c1)Sc1ccc(C(F)(F)F)cc1C(Cl)C2. The van der Waals surface area contributed by atoms with Crippen LogP contribution in [0.4, 0.5) is 17.6 Å². The zero-order valence-electron chi connectivity index (χ0n) is 10.5. The lowest BCUT2D eigenvalue weighted by Crippen LogP contribution is -2.06. The molecule has 0 saturated carbocycles. The van der Waals surface area contributed by atoms with Gasteiger partial charge in [0.1, 0.15) is 5.82 Å². The van der Waals surface area contributed by atoms with Gasteiger partial charge in [0.05, 0.1) is 10.9 Å². The highest BCUT2D eigenvalue weighted by Crippen LogP contribution is 2.45. The molecule has 2 aromatic carbocycles. The van der Waals surface area contributed by atoms with Crippen LogP contribution in [0, 0.1) is 5.82 Å². The van der Waals surface area contributed by atoms with Crippen molar-refractivity contribution >= 4 is 23.4 Å². The molecule has 21 heavy (non-hydrogen) atoms. The van der Waals surface area contributed by atoms with Crippen LogP contribution < -0.4 is 0 Å². The summed E-state index contributed by atoms with van der Waals surface area (Å²) in [6, 6.07) is 7.86. The van der Waals surface area contributed by atoms with Gasteiger partial charge in [0.2, 0.25) is 0 Å². The lowest BCUT2D eigenvalue weighted by molar-refractivity contribution is -0.137. The van der Waals surface area contributed by atoms with Crippen LogP contribution in [-0.4, -0.2) is 0 Å². The topological polar surface area (TPSA) is 0 Å². The predicted octanol–water partition coefficient (Wildman–Crippen LogP) is 5.83. The van der Waals surface area contributed by atoms with E-state index in [1.54, 1.807) is 6.07 Å². The second kappa shape index (κ2) is 5.21. The van der Waals surface area contributed by atoms with Crippen molar-refractivity contribution in [1.29, 1.82) is 0 Å². The Balaban J connectivity index is 2.09. The van der Waals surface area contributed by atoms with E-state index in [1.165, 1.54) is 30.0 Å². The van der Waals surface area contributed by atoms with Crippen LogP contribution in [-0.2, 0) is 12.6 Å². The van der Waals surface area contributed by atoms with Crippen LogP contribution in [0.5, 0.6) is 0 Å². The molecule has 0 saturated heterocycles. The first kappa shape index (κ1) is 14.7. The Bertz CT molecular complexity index is 697. The van der Waals surface area contributed by atoms with E-state index >= 15 is 0 Å². The number of hydrogen-bond acceptors (Lipinski definition) is 1. The molecule has 110 valence electrons. The Morgan fingerprint density at radius 2 is 1.81 bits per heavy atom. The first-order valence-corrected chi connectivity index (χ1v) is 7.41. The molecule has 0 bridgehead atoms. The zero-order valence-corrected chi connectivity index (χ0v) is 12.1. The van der Waals surface area contributed by atoms with Crippen molar-refractivity contribution in [2.75, 3.05) is 0 Å². The number of rotatable bonds is 0. The first-order valence-electron chi connectivity index (χ1n) is 6.16. The molecule has 0 nitrogen and oxygen atoms in total. The average molecular weight is 333 g/mol. The van der Waals surface area contributed by atoms with Gasteiger partial charge < -0.3 is 0 Å². The van der Waals surface area contributed by atoms with Gasteiger partial charge in [-0.15, -0.1) is 11.6 Å². The van der Waals surface area contributed by atoms with E-state index in [4.69, 9.17) is 11.6 Å². The molecule has 1 heterocycles. The summed E-state index contributed by atoms with van der Waals surface area (Å²) >= 11 is 7.52. The summed E-state index contributed by atoms with van der Waals surface area (Å²) in [4.78, 5) is 1.33. The molecule has 0 fully saturated rings. The molecular weight excluding hydrogens is 324 g/mol. The van der Waals surface area contributed by atoms with Gasteiger partial charge in [-0.25, -0.2) is 4.39 Å². The first-order chi connectivity index (χ1) is 9.84. The molecule has 1 aliphatic heterocycles. The number of alkyl halides is 4. The van der Waals surface area contributed by atoms with E-state index < -0.39 is 17.1 Å². The van der Waals surface area contributed by atoms with Crippen LogP contribution >= 0.6 is 23.4 Å². The van der Waals surface area contributed by atoms with Crippen LogP contribution in [0.2, 0.25) is 0 Å². The molecule has 3 rings (SSSR count). The highest BCUT2D eigenvalue weighted by Gasteiger charge is 2.32. The molecule has 0 spiro atoms. The summed E-state index contributed by atoms with van der Waals surface area (Å²) in [6.07, 6.45) is -4.03. The van der Waals surface area contributed by atoms with Gasteiger partial charge in [-0.3, -0.25) is 0 Å². The minimum atomic E-state index is -4.40. The molecule has 0 amide bonds. The molecule has 0 aromatic heterocycles. The number of benzene rings is 2. The van der Waals surface area contributed by atoms with Crippen molar-refractivity contribution in [3.63, 3.8) is 0 Å². The Hall–Kier alpha value is -1.20. The second-order valence-corrected chi connectivity index (χ2v) is 6.39. The second-order valence-electron chi connectivity index (χ2n) is 4.78. The van der Waals surface area contributed by atoms with E-state index in [0.717, 1.165) is 17.7 Å². The van der Waals surface area contributed by atoms with E-state index in [0.29, 0.717) is 21.8 Å². The van der Waals surface area contributed by atoms with E-state index in [9.17, 15) is 17.6 Å². The molecule has 1 aliphatic rings. The van der Waals surface area contributed by atoms with E-state index in [1.807, 2.05) is 0 Å². The van der Waals surface area contributed by atoms with Crippen molar-refractivity contribution in [1.82, 2.24) is 0 Å². The van der Waals surface area contributed by atoms with E-state index in [2.05, 4.69) is 0 Å². The van der Waals surface area contributed by atoms with Gasteiger partial charge in [0.15, 0.2) is 0 Å². The molecule has 1 atom stereocenters. The summed E-state index contributed by atoms with van der Waals surface area (Å²) < 4.78 is 51.7. The van der Waals surface area contributed by atoms with Gasteiger partial charge >= 0.3 is 6.18 Å². The van der Waals surface area contributed by atoms with Crippen molar-refractivity contribution in [2.24, 2.45) is 0 Å². The van der Waals surface area contributed by atoms with E-state index in [-0.39, 0.29) is 5.82 Å². The third-order valence-corrected chi connectivity index (χ3v) is 4.90. The lowest BCUT2D eigenvalue weighted by atomic mass is 10.0. The maximum atomic E-state index is 13.3. The average Bonchev–Trinajstić information content (AvgIpc) is 2.53. The van der Waals surface area contributed by atoms with Crippen LogP contribution in [0.3, 0.4) is 0 Å². The molecule has 1 unspecified atom stereocenters. The fraction of sp³-hybridized carbons (Fsp3) is 0.200. The Labute approximate surface area is 128 Å². The molecule has 0 N–H and O–H groups in total. The van der Waals surface area contributed by atoms with Crippen LogP contribution in [0.25, 0.3) is 0 Å². The Kier molecular flexibility index (Phi) is 3.66. The molecular formula is C15H9ClF4S. The lowest BCUT2D eigenvalue weighted by Gasteiger charge is -2.13. The predicted molar refractivity (Wildman–Crippen MR) is 74.3 cm³/mol. The minimum Gasteiger partial charge on any atom is -0.207 e. The highest BCUT2D eigenvalue weighted by molar-refractivity contribution is 7.99. The maximum Gasteiger partial charge on any atom is 0.416 e. The quantitative estimate of drug-likeness (QED) is 0.432.